The van der Waals surface area contributed by atoms with Crippen LogP contribution in [0.5, 0.6) is 11.5 Å². The third-order valence-electron chi connectivity index (χ3n) is 7.46. The molecule has 0 saturated heterocycles. The van der Waals surface area contributed by atoms with Crippen molar-refractivity contribution >= 4 is 35.0 Å². The van der Waals surface area contributed by atoms with E-state index < -0.39 is 17.8 Å². The van der Waals surface area contributed by atoms with Gasteiger partial charge in [-0.25, -0.2) is 4.39 Å². The number of fused-ring (bicyclic) bond motifs is 1. The summed E-state index contributed by atoms with van der Waals surface area (Å²) in [6.07, 6.45) is 8.16. The second-order valence-corrected chi connectivity index (χ2v) is 10.9. The normalized spacial score (nSPS) is 11.6. The van der Waals surface area contributed by atoms with Crippen LogP contribution in [0.3, 0.4) is 0 Å². The topological polar surface area (TPSA) is 98.0 Å². The first-order valence-electron chi connectivity index (χ1n) is 14.6. The number of hydrogen-bond donors (Lipinski definition) is 2. The summed E-state index contributed by atoms with van der Waals surface area (Å²) < 4.78 is 28.5. The van der Waals surface area contributed by atoms with Crippen LogP contribution in [0, 0.1) is 33.5 Å². The summed E-state index contributed by atoms with van der Waals surface area (Å²) >= 11 is 0. The van der Waals surface area contributed by atoms with E-state index >= 15 is 4.39 Å². The van der Waals surface area contributed by atoms with Crippen molar-refractivity contribution < 1.29 is 33.7 Å². The molecular formula is C36H38FNO6. The molecule has 0 aliphatic heterocycles. The molecule has 0 spiro atoms. The molecule has 8 heteroatoms. The maximum atomic E-state index is 15.1. The number of carbonyl (C=O) groups is 2. The number of aryl methyl sites for hydroxylation is 4. The Morgan fingerprint density at radius 2 is 1.52 bits per heavy atom. The van der Waals surface area contributed by atoms with Gasteiger partial charge in [-0.15, -0.1) is 0 Å². The molecule has 0 atom stereocenters. The van der Waals surface area contributed by atoms with Gasteiger partial charge in [0.2, 0.25) is 0 Å². The Balaban J connectivity index is 1.43. The minimum atomic E-state index is -1.05. The average Bonchev–Trinajstić information content (AvgIpc) is 3.23. The molecule has 0 radical (unpaired) electrons. The van der Waals surface area contributed by atoms with Gasteiger partial charge in [0.1, 0.15) is 37.1 Å². The smallest absolute Gasteiger partial charge is 0.323 e. The predicted octanol–water partition coefficient (Wildman–Crippen LogP) is 7.69. The molecule has 0 amide bonds. The molecule has 4 rings (SSSR count). The second kappa shape index (κ2) is 14.6. The highest BCUT2D eigenvalue weighted by Crippen LogP contribution is 2.33. The number of rotatable bonds is 14. The van der Waals surface area contributed by atoms with Crippen molar-refractivity contribution in [3.8, 4) is 11.5 Å². The SMILES string of the molecule is Cc1cc(C)c(OCC=CCOc2ccc(C=Cc3ccc(F)c4c(CCCC(=O)O)c(C)n(CC(=O)O)c34)cc2)c(C)c1. The van der Waals surface area contributed by atoms with Crippen molar-refractivity contribution in [2.45, 2.75) is 53.5 Å². The fourth-order valence-corrected chi connectivity index (χ4v) is 5.53. The van der Waals surface area contributed by atoms with Crippen LogP contribution in [0.15, 0.2) is 60.7 Å². The molecule has 0 saturated carbocycles. The summed E-state index contributed by atoms with van der Waals surface area (Å²) in [6.45, 7) is 8.43. The number of carboxylic acid groups (broad SMARTS) is 2. The fourth-order valence-electron chi connectivity index (χ4n) is 5.53. The van der Waals surface area contributed by atoms with Gasteiger partial charge in [-0.2, -0.15) is 0 Å². The second-order valence-electron chi connectivity index (χ2n) is 10.9. The lowest BCUT2D eigenvalue weighted by atomic mass is 10.0. The molecule has 0 aliphatic carbocycles. The molecule has 1 heterocycles. The number of aromatic nitrogens is 1. The molecule has 0 aliphatic rings. The molecular weight excluding hydrogens is 561 g/mol. The van der Waals surface area contributed by atoms with Crippen molar-refractivity contribution in [3.63, 3.8) is 0 Å². The summed E-state index contributed by atoms with van der Waals surface area (Å²) in [4.78, 5) is 22.7. The maximum Gasteiger partial charge on any atom is 0.323 e. The molecule has 7 nitrogen and oxygen atoms in total. The van der Waals surface area contributed by atoms with Crippen LogP contribution >= 0.6 is 0 Å². The highest BCUT2D eigenvalue weighted by molar-refractivity contribution is 5.95. The lowest BCUT2D eigenvalue weighted by molar-refractivity contribution is -0.138. The average molecular weight is 600 g/mol. The number of aliphatic carboxylic acids is 2. The van der Waals surface area contributed by atoms with E-state index in [0.29, 0.717) is 59.5 Å². The zero-order valence-corrected chi connectivity index (χ0v) is 25.5. The largest absolute Gasteiger partial charge is 0.490 e. The summed E-state index contributed by atoms with van der Waals surface area (Å²) in [5.74, 6) is -0.818. The Morgan fingerprint density at radius 1 is 0.864 bits per heavy atom. The van der Waals surface area contributed by atoms with E-state index in [2.05, 4.69) is 19.1 Å². The number of ether oxygens (including phenoxy) is 2. The van der Waals surface area contributed by atoms with Crippen molar-refractivity contribution in [2.24, 2.45) is 0 Å². The first-order chi connectivity index (χ1) is 21.0. The Labute approximate surface area is 256 Å². The fraction of sp³-hybridized carbons (Fsp3) is 0.278. The Morgan fingerprint density at radius 3 is 2.16 bits per heavy atom. The molecule has 44 heavy (non-hydrogen) atoms. The molecule has 3 aromatic carbocycles. The van der Waals surface area contributed by atoms with Crippen molar-refractivity contribution in [1.82, 2.24) is 4.57 Å². The van der Waals surface area contributed by atoms with Crippen LogP contribution in [-0.2, 0) is 22.6 Å². The van der Waals surface area contributed by atoms with Crippen molar-refractivity contribution in [2.75, 3.05) is 13.2 Å². The van der Waals surface area contributed by atoms with Gasteiger partial charge < -0.3 is 24.3 Å². The van der Waals surface area contributed by atoms with Gasteiger partial charge in [-0.05, 0) is 105 Å². The molecule has 0 unspecified atom stereocenters. The monoisotopic (exact) mass is 599 g/mol. The number of benzene rings is 3. The standard InChI is InChI=1S/C36H38FNO6/c1-23-20-24(2)36(25(3)21-23)44-19-6-5-18-43-29-15-11-27(12-16-29)10-13-28-14-17-31(37)34-30(8-7-9-32(39)40)26(4)38(35(28)34)22-33(41)42/h5-6,10-17,20-21H,7-9,18-19,22H2,1-4H3,(H,39,40)(H,41,42). The van der Waals surface area contributed by atoms with E-state index in [1.807, 2.05) is 62.4 Å². The van der Waals surface area contributed by atoms with Gasteiger partial charge in [0.25, 0.3) is 0 Å². The quantitative estimate of drug-likeness (QED) is 0.114. The summed E-state index contributed by atoms with van der Waals surface area (Å²) in [5, 5.41) is 18.9. The molecule has 0 fully saturated rings. The minimum Gasteiger partial charge on any atom is -0.490 e. The number of hydrogen-bond acceptors (Lipinski definition) is 4. The van der Waals surface area contributed by atoms with E-state index in [0.717, 1.165) is 22.4 Å². The van der Waals surface area contributed by atoms with Crippen LogP contribution in [0.4, 0.5) is 4.39 Å². The summed E-state index contributed by atoms with van der Waals surface area (Å²) in [5.41, 5.74) is 6.74. The first-order valence-corrected chi connectivity index (χ1v) is 14.6. The first kappa shape index (κ1) is 32.1. The van der Waals surface area contributed by atoms with Crippen LogP contribution in [0.2, 0.25) is 0 Å². The molecule has 2 N–H and O–H groups in total. The molecule has 0 bridgehead atoms. The summed E-state index contributed by atoms with van der Waals surface area (Å²) in [7, 11) is 0. The van der Waals surface area contributed by atoms with Gasteiger partial charge in [0.15, 0.2) is 0 Å². The predicted molar refractivity (Wildman–Crippen MR) is 171 cm³/mol. The van der Waals surface area contributed by atoms with Crippen LogP contribution in [0.1, 0.15) is 51.9 Å². The van der Waals surface area contributed by atoms with Gasteiger partial charge >= 0.3 is 11.9 Å². The van der Waals surface area contributed by atoms with Gasteiger partial charge in [0, 0.05) is 17.5 Å². The molecule has 230 valence electrons. The van der Waals surface area contributed by atoms with Gasteiger partial charge in [-0.1, -0.05) is 42.0 Å². The van der Waals surface area contributed by atoms with Crippen LogP contribution in [0.25, 0.3) is 23.1 Å². The number of halogens is 1. The Bertz CT molecular complexity index is 1690. The third kappa shape index (κ3) is 7.95. The lowest BCUT2D eigenvalue weighted by Gasteiger charge is -2.11. The lowest BCUT2D eigenvalue weighted by Crippen LogP contribution is -2.10. The minimum absolute atomic E-state index is 0.0515. The third-order valence-corrected chi connectivity index (χ3v) is 7.46. The zero-order valence-electron chi connectivity index (χ0n) is 25.5. The van der Waals surface area contributed by atoms with E-state index in [1.165, 1.54) is 11.6 Å². The highest BCUT2D eigenvalue weighted by atomic mass is 19.1. The number of nitrogens with zero attached hydrogens (tertiary/aromatic N) is 1. The summed E-state index contributed by atoms with van der Waals surface area (Å²) in [6, 6.07) is 14.7. The van der Waals surface area contributed by atoms with E-state index in [4.69, 9.17) is 14.6 Å². The number of carboxylic acids is 2. The van der Waals surface area contributed by atoms with E-state index in [-0.39, 0.29) is 13.0 Å². The van der Waals surface area contributed by atoms with Crippen molar-refractivity contribution in [3.05, 3.63) is 106 Å². The zero-order chi connectivity index (χ0) is 31.8. The Hall–Kier alpha value is -4.85. The molecule has 1 aromatic heterocycles. The molecule has 4 aromatic rings. The Kier molecular flexibility index (Phi) is 10.6. The highest BCUT2D eigenvalue weighted by Gasteiger charge is 2.21. The van der Waals surface area contributed by atoms with Crippen LogP contribution < -0.4 is 9.47 Å². The van der Waals surface area contributed by atoms with Gasteiger partial charge in [0.05, 0.1) is 5.52 Å². The van der Waals surface area contributed by atoms with Gasteiger partial charge in [-0.3, -0.25) is 9.59 Å². The van der Waals surface area contributed by atoms with Crippen molar-refractivity contribution in [1.29, 1.82) is 0 Å². The maximum absolute atomic E-state index is 15.1. The van der Waals surface area contributed by atoms with Crippen LogP contribution in [-0.4, -0.2) is 39.9 Å². The van der Waals surface area contributed by atoms with E-state index in [9.17, 15) is 14.7 Å². The van der Waals surface area contributed by atoms with E-state index in [1.54, 1.807) is 17.6 Å².